The predicted octanol–water partition coefficient (Wildman–Crippen LogP) is -3.72. The summed E-state index contributed by atoms with van der Waals surface area (Å²) in [6, 6.07) is 0. The first-order valence-electron chi connectivity index (χ1n) is 2.57. The molecule has 0 aliphatic rings. The number of hydrogen-bond acceptors (Lipinski definition) is 2. The highest BCUT2D eigenvalue weighted by Crippen LogP contribution is 1.82. The average Bonchev–Trinajstić information content (AvgIpc) is 2.17. The molecule has 4 nitrogen and oxygen atoms in total. The highest BCUT2D eigenvalue weighted by atomic mass is 79.9. The topological polar surface area (TPSA) is 47.7 Å². The van der Waals surface area contributed by atoms with Gasteiger partial charge in [-0.2, -0.15) is 0 Å². The molecule has 0 amide bonds. The molecule has 1 aromatic rings. The second-order valence-electron chi connectivity index (χ2n) is 1.65. The molecule has 0 saturated heterocycles. The number of rotatable bonds is 2. The fourth-order valence-electron chi connectivity index (χ4n) is 0.542. The van der Waals surface area contributed by atoms with Gasteiger partial charge in [0.05, 0.1) is 0 Å². The fourth-order valence-corrected chi connectivity index (χ4v) is 0.905. The van der Waals surface area contributed by atoms with E-state index in [-0.39, 0.29) is 17.0 Å². The Kier molecular flexibility index (Phi) is 4.63. The number of nitrogens with zero attached hydrogens (tertiary/aromatic N) is 3. The zero-order valence-electron chi connectivity index (χ0n) is 5.24. The van der Waals surface area contributed by atoms with Crippen LogP contribution >= 0.6 is 15.9 Å². The molecule has 0 fully saturated rings. The summed E-state index contributed by atoms with van der Waals surface area (Å²) in [4.78, 5) is 0. The summed E-state index contributed by atoms with van der Waals surface area (Å²) in [5.74, 6) is 5.33. The van der Waals surface area contributed by atoms with Gasteiger partial charge in [0.25, 0.3) is 6.33 Å². The van der Waals surface area contributed by atoms with Gasteiger partial charge in [0.1, 0.15) is 6.54 Å². The van der Waals surface area contributed by atoms with Crippen molar-refractivity contribution >= 4 is 15.9 Å². The van der Waals surface area contributed by atoms with Crippen LogP contribution in [0.25, 0.3) is 0 Å². The summed E-state index contributed by atoms with van der Waals surface area (Å²) in [6.45, 7) is 0.851. The number of aromatic nitrogens is 3. The largest absolute Gasteiger partial charge is 1.00 e. The molecular formula is C4H8Br2N4. The monoisotopic (exact) mass is 270 g/mol. The van der Waals surface area contributed by atoms with Crippen LogP contribution in [0.15, 0.2) is 12.7 Å². The second kappa shape index (κ2) is 4.68. The number of nitrogens with two attached hydrogens (primary N) is 1. The minimum Gasteiger partial charge on any atom is -1.00 e. The summed E-state index contributed by atoms with van der Waals surface area (Å²) in [7, 11) is 0. The van der Waals surface area contributed by atoms with Crippen molar-refractivity contribution in [1.82, 2.24) is 9.78 Å². The molecule has 10 heavy (non-hydrogen) atoms. The van der Waals surface area contributed by atoms with Crippen LogP contribution in [0.5, 0.6) is 0 Å². The number of halogens is 2. The zero-order chi connectivity index (χ0) is 6.69. The zero-order valence-corrected chi connectivity index (χ0v) is 8.42. The molecule has 0 bridgehead atoms. The number of alkyl halides is 1. The van der Waals surface area contributed by atoms with Gasteiger partial charge in [-0.25, -0.2) is 0 Å². The van der Waals surface area contributed by atoms with Gasteiger partial charge in [-0.1, -0.05) is 15.9 Å². The van der Waals surface area contributed by atoms with Gasteiger partial charge in [-0.3, -0.25) is 5.84 Å². The van der Waals surface area contributed by atoms with Crippen molar-refractivity contribution < 1.29 is 21.7 Å². The number of nitrogen functional groups attached to an aromatic ring is 1. The molecule has 6 heteroatoms. The molecule has 1 rings (SSSR count). The van der Waals surface area contributed by atoms with Crippen molar-refractivity contribution in [3.8, 4) is 0 Å². The van der Waals surface area contributed by atoms with E-state index in [0.29, 0.717) is 0 Å². The van der Waals surface area contributed by atoms with Crippen molar-refractivity contribution in [1.29, 1.82) is 0 Å². The SMILES string of the molecule is N[n+]1cnn(CCBr)c1.[Br-]. The molecule has 58 valence electrons. The standard InChI is InChI=1S/C4H8BrN4.BrH/c5-1-2-9-4-8(6)3-7-9;/h3-4H,1-2,6H2;1H/q+1;/p-1. The van der Waals surface area contributed by atoms with E-state index < -0.39 is 0 Å². The summed E-state index contributed by atoms with van der Waals surface area (Å²) in [6.07, 6.45) is 3.28. The van der Waals surface area contributed by atoms with Crippen molar-refractivity contribution in [2.45, 2.75) is 6.54 Å². The van der Waals surface area contributed by atoms with Crippen LogP contribution in [-0.2, 0) is 6.54 Å². The first kappa shape index (κ1) is 9.90. The maximum Gasteiger partial charge on any atom is 0.286 e. The first-order valence-corrected chi connectivity index (χ1v) is 3.70. The minimum atomic E-state index is 0. The Morgan fingerprint density at radius 3 is 2.80 bits per heavy atom. The van der Waals surface area contributed by atoms with Crippen LogP contribution in [0.3, 0.4) is 0 Å². The van der Waals surface area contributed by atoms with Crippen LogP contribution < -0.4 is 27.5 Å². The molecule has 1 aromatic heterocycles. The van der Waals surface area contributed by atoms with E-state index in [1.54, 1.807) is 17.3 Å². The van der Waals surface area contributed by atoms with Gasteiger partial charge in [0.2, 0.25) is 6.33 Å². The Morgan fingerprint density at radius 1 is 1.70 bits per heavy atom. The van der Waals surface area contributed by atoms with Crippen LogP contribution in [-0.4, -0.2) is 15.1 Å². The maximum atomic E-state index is 5.33. The van der Waals surface area contributed by atoms with E-state index >= 15 is 0 Å². The minimum absolute atomic E-state index is 0. The lowest BCUT2D eigenvalue weighted by Crippen LogP contribution is -3.00. The molecule has 0 aromatic carbocycles. The quantitative estimate of drug-likeness (QED) is 0.342. The molecular weight excluding hydrogens is 264 g/mol. The summed E-state index contributed by atoms with van der Waals surface area (Å²) >= 11 is 3.28. The van der Waals surface area contributed by atoms with Crippen molar-refractivity contribution in [3.05, 3.63) is 12.7 Å². The van der Waals surface area contributed by atoms with E-state index in [2.05, 4.69) is 21.0 Å². The van der Waals surface area contributed by atoms with Crippen molar-refractivity contribution in [2.75, 3.05) is 11.2 Å². The van der Waals surface area contributed by atoms with E-state index in [1.807, 2.05) is 0 Å². The molecule has 0 saturated carbocycles. The van der Waals surface area contributed by atoms with E-state index in [9.17, 15) is 0 Å². The van der Waals surface area contributed by atoms with E-state index in [0.717, 1.165) is 11.9 Å². The lowest BCUT2D eigenvalue weighted by Gasteiger charge is -1.82. The average molecular weight is 272 g/mol. The number of aryl methyl sites for hydroxylation is 1. The normalized spacial score (nSPS) is 8.90. The molecule has 1 heterocycles. The highest BCUT2D eigenvalue weighted by molar-refractivity contribution is 9.09. The van der Waals surface area contributed by atoms with E-state index in [4.69, 9.17) is 5.84 Å². The third-order valence-corrected chi connectivity index (χ3v) is 1.27. The highest BCUT2D eigenvalue weighted by Gasteiger charge is 1.99. The van der Waals surface area contributed by atoms with E-state index in [1.165, 1.54) is 4.68 Å². The summed E-state index contributed by atoms with van der Waals surface area (Å²) in [5, 5.41) is 4.83. The van der Waals surface area contributed by atoms with Crippen molar-refractivity contribution in [3.63, 3.8) is 0 Å². The van der Waals surface area contributed by atoms with Crippen LogP contribution in [0, 0.1) is 0 Å². The molecule has 0 unspecified atom stereocenters. The molecule has 0 spiro atoms. The Bertz CT molecular complexity index is 187. The smallest absolute Gasteiger partial charge is 0.286 e. The molecule has 0 radical (unpaired) electrons. The van der Waals surface area contributed by atoms with Crippen LogP contribution in [0.1, 0.15) is 0 Å². The summed E-state index contributed by atoms with van der Waals surface area (Å²) < 4.78 is 3.18. The summed E-state index contributed by atoms with van der Waals surface area (Å²) in [5.41, 5.74) is 0. The third-order valence-electron chi connectivity index (χ3n) is 0.914. The van der Waals surface area contributed by atoms with Gasteiger partial charge >= 0.3 is 0 Å². The molecule has 0 aliphatic heterocycles. The van der Waals surface area contributed by atoms with Gasteiger partial charge in [0, 0.05) is 10.4 Å². The van der Waals surface area contributed by atoms with Crippen molar-refractivity contribution in [2.24, 2.45) is 0 Å². The predicted molar refractivity (Wildman–Crippen MR) is 36.4 cm³/mol. The van der Waals surface area contributed by atoms with Gasteiger partial charge < -0.3 is 17.0 Å². The Labute approximate surface area is 77.9 Å². The lowest BCUT2D eigenvalue weighted by molar-refractivity contribution is -0.639. The van der Waals surface area contributed by atoms with Gasteiger partial charge in [0.15, 0.2) is 0 Å². The van der Waals surface area contributed by atoms with Crippen LogP contribution in [0.4, 0.5) is 0 Å². The molecule has 0 aliphatic carbocycles. The molecule has 0 atom stereocenters. The first-order chi connectivity index (χ1) is 4.33. The van der Waals surface area contributed by atoms with Gasteiger partial charge in [-0.05, 0) is 0 Å². The fraction of sp³-hybridized carbons (Fsp3) is 0.500. The molecule has 2 N–H and O–H groups in total. The Balaban J connectivity index is 0.000000810. The second-order valence-corrected chi connectivity index (χ2v) is 2.44. The third kappa shape index (κ3) is 2.66. The maximum absolute atomic E-state index is 5.33. The van der Waals surface area contributed by atoms with Gasteiger partial charge in [-0.15, -0.1) is 9.36 Å². The lowest BCUT2D eigenvalue weighted by atomic mass is 10.8. The van der Waals surface area contributed by atoms with Crippen LogP contribution in [0.2, 0.25) is 0 Å². The Hall–Kier alpha value is -0.100. The number of hydrogen-bond donors (Lipinski definition) is 1. The Morgan fingerprint density at radius 2 is 2.40 bits per heavy atom.